The van der Waals surface area contributed by atoms with E-state index >= 15 is 0 Å². The van der Waals surface area contributed by atoms with E-state index in [1.165, 1.54) is 17.0 Å². The van der Waals surface area contributed by atoms with Crippen molar-refractivity contribution in [3.63, 3.8) is 0 Å². The minimum atomic E-state index is 0.670. The van der Waals surface area contributed by atoms with Gasteiger partial charge in [-0.05, 0) is 17.5 Å². The number of rotatable bonds is 0. The largest absolute Gasteiger partial charge is 0.250 e. The van der Waals surface area contributed by atoms with E-state index in [-0.39, 0.29) is 0 Å². The summed E-state index contributed by atoms with van der Waals surface area (Å²) in [6, 6.07) is 4.21. The van der Waals surface area contributed by atoms with Gasteiger partial charge < -0.3 is 0 Å². The molecule has 0 aromatic carbocycles. The topological polar surface area (TPSA) is 12.9 Å². The Morgan fingerprint density at radius 2 is 2.00 bits per heavy atom. The Balaban J connectivity index is 0.000000293. The summed E-state index contributed by atoms with van der Waals surface area (Å²) in [5.74, 6) is 0.670. The van der Waals surface area contributed by atoms with Crippen LogP contribution in [0.3, 0.4) is 0 Å². The second-order valence-electron chi connectivity index (χ2n) is 3.72. The van der Waals surface area contributed by atoms with E-state index in [0.717, 1.165) is 0 Å². The molecule has 0 spiro atoms. The third-order valence-corrected chi connectivity index (χ3v) is 3.64. The molecule has 2 atom stereocenters. The van der Waals surface area contributed by atoms with Crippen LogP contribution in [-0.2, 0) is 0 Å². The van der Waals surface area contributed by atoms with Gasteiger partial charge in [-0.25, -0.2) is 4.98 Å². The summed E-state index contributed by atoms with van der Waals surface area (Å²) in [6.07, 6.45) is 3.12. The quantitative estimate of drug-likeness (QED) is 0.638. The van der Waals surface area contributed by atoms with E-state index in [4.69, 9.17) is 0 Å². The number of pyridine rings is 1. The van der Waals surface area contributed by atoms with Crippen molar-refractivity contribution in [3.8, 4) is 0 Å². The maximum atomic E-state index is 4.32. The van der Waals surface area contributed by atoms with Gasteiger partial charge in [-0.2, -0.15) is 0 Å². The first-order valence-electron chi connectivity index (χ1n) is 5.32. The third kappa shape index (κ3) is 2.50. The van der Waals surface area contributed by atoms with Crippen LogP contribution >= 0.6 is 11.8 Å². The number of hydrogen-bond donors (Lipinski definition) is 0. The average molecular weight is 209 g/mol. The van der Waals surface area contributed by atoms with Crippen molar-refractivity contribution < 1.29 is 0 Å². The van der Waals surface area contributed by atoms with Crippen molar-refractivity contribution >= 4 is 11.8 Å². The lowest BCUT2D eigenvalue weighted by Gasteiger charge is -2.06. The molecule has 14 heavy (non-hydrogen) atoms. The molecule has 2 heterocycles. The van der Waals surface area contributed by atoms with E-state index < -0.39 is 0 Å². The second-order valence-corrected chi connectivity index (χ2v) is 5.08. The zero-order chi connectivity index (χ0) is 10.6. The summed E-state index contributed by atoms with van der Waals surface area (Å²) in [6.45, 7) is 8.78. The molecule has 0 saturated carbocycles. The number of hydrogen-bond acceptors (Lipinski definition) is 2. The minimum Gasteiger partial charge on any atom is -0.250 e. The lowest BCUT2D eigenvalue weighted by molar-refractivity contribution is 0.755. The fourth-order valence-corrected chi connectivity index (χ4v) is 2.59. The summed E-state index contributed by atoms with van der Waals surface area (Å²) >= 11 is 1.89. The van der Waals surface area contributed by atoms with Gasteiger partial charge in [0.2, 0.25) is 0 Å². The SMILES string of the molecule is CC1Sc2ncccc2C1C.CCC. The highest BCUT2D eigenvalue weighted by atomic mass is 32.2. The fourth-order valence-electron chi connectivity index (χ4n) is 1.38. The molecule has 0 N–H and O–H groups in total. The fraction of sp³-hybridized carbons (Fsp3) is 0.583. The predicted molar refractivity (Wildman–Crippen MR) is 63.9 cm³/mol. The summed E-state index contributed by atoms with van der Waals surface area (Å²) < 4.78 is 0. The number of aromatic nitrogens is 1. The lowest BCUT2D eigenvalue weighted by Crippen LogP contribution is -1.99. The molecule has 2 heteroatoms. The molecule has 0 aliphatic carbocycles. The number of thioether (sulfide) groups is 1. The molecule has 0 bridgehead atoms. The van der Waals surface area contributed by atoms with Crippen LogP contribution in [0.2, 0.25) is 0 Å². The zero-order valence-corrected chi connectivity index (χ0v) is 10.3. The molecule has 1 aromatic rings. The smallest absolute Gasteiger partial charge is 0.0997 e. The van der Waals surface area contributed by atoms with Crippen LogP contribution in [0.5, 0.6) is 0 Å². The van der Waals surface area contributed by atoms with Crippen molar-refractivity contribution in [2.75, 3.05) is 0 Å². The first-order chi connectivity index (χ1) is 6.70. The molecule has 78 valence electrons. The molecule has 0 radical (unpaired) electrons. The van der Waals surface area contributed by atoms with Gasteiger partial charge in [-0.15, -0.1) is 11.8 Å². The average Bonchev–Trinajstić information content (AvgIpc) is 2.45. The molecule has 1 aromatic heterocycles. The van der Waals surface area contributed by atoms with Gasteiger partial charge in [0.25, 0.3) is 0 Å². The molecule has 1 aliphatic heterocycles. The predicted octanol–water partition coefficient (Wildman–Crippen LogP) is 4.10. The van der Waals surface area contributed by atoms with E-state index in [0.29, 0.717) is 11.2 Å². The van der Waals surface area contributed by atoms with Crippen LogP contribution in [0.1, 0.15) is 45.6 Å². The Kier molecular flexibility index (Phi) is 4.46. The van der Waals surface area contributed by atoms with E-state index in [1.54, 1.807) is 0 Å². The highest BCUT2D eigenvalue weighted by Crippen LogP contribution is 2.43. The molecule has 2 rings (SSSR count). The third-order valence-electron chi connectivity index (χ3n) is 2.29. The van der Waals surface area contributed by atoms with E-state index in [2.05, 4.69) is 38.7 Å². The first kappa shape index (κ1) is 11.6. The van der Waals surface area contributed by atoms with Crippen LogP contribution in [0, 0.1) is 0 Å². The monoisotopic (exact) mass is 209 g/mol. The van der Waals surface area contributed by atoms with Gasteiger partial charge in [-0.3, -0.25) is 0 Å². The van der Waals surface area contributed by atoms with Crippen molar-refractivity contribution in [1.82, 2.24) is 4.98 Å². The molecule has 0 fully saturated rings. The van der Waals surface area contributed by atoms with Gasteiger partial charge in [-0.1, -0.05) is 40.2 Å². The first-order valence-corrected chi connectivity index (χ1v) is 6.20. The maximum absolute atomic E-state index is 4.32. The van der Waals surface area contributed by atoms with Crippen LogP contribution < -0.4 is 0 Å². The standard InChI is InChI=1S/C9H11NS.C3H8/c1-6-7(2)11-9-8(6)4-3-5-10-9;1-3-2/h3-7H,1-2H3;3H2,1-2H3. The summed E-state index contributed by atoms with van der Waals surface area (Å²) in [5.41, 5.74) is 1.42. The van der Waals surface area contributed by atoms with Crippen molar-refractivity contribution in [2.24, 2.45) is 0 Å². The lowest BCUT2D eigenvalue weighted by atomic mass is 10.0. The molecular formula is C12H19NS. The van der Waals surface area contributed by atoms with Crippen LogP contribution in [0.25, 0.3) is 0 Å². The maximum Gasteiger partial charge on any atom is 0.0997 e. The van der Waals surface area contributed by atoms with Crippen molar-refractivity contribution in [1.29, 1.82) is 0 Å². The Labute approximate surface area is 91.3 Å². The summed E-state index contributed by atoms with van der Waals surface area (Å²) in [5, 5.41) is 1.92. The molecule has 2 unspecified atom stereocenters. The molecular weight excluding hydrogens is 190 g/mol. The Hall–Kier alpha value is -0.500. The van der Waals surface area contributed by atoms with Gasteiger partial charge in [0.1, 0.15) is 0 Å². The van der Waals surface area contributed by atoms with Gasteiger partial charge >= 0.3 is 0 Å². The van der Waals surface area contributed by atoms with E-state index in [9.17, 15) is 0 Å². The highest BCUT2D eigenvalue weighted by Gasteiger charge is 2.26. The van der Waals surface area contributed by atoms with Crippen LogP contribution in [-0.4, -0.2) is 10.2 Å². The van der Waals surface area contributed by atoms with Crippen LogP contribution in [0.4, 0.5) is 0 Å². The molecule has 1 nitrogen and oxygen atoms in total. The molecule has 0 saturated heterocycles. The van der Waals surface area contributed by atoms with Gasteiger partial charge in [0, 0.05) is 11.4 Å². The molecule has 0 amide bonds. The summed E-state index contributed by atoms with van der Waals surface area (Å²) in [4.78, 5) is 4.32. The highest BCUT2D eigenvalue weighted by molar-refractivity contribution is 8.00. The summed E-state index contributed by atoms with van der Waals surface area (Å²) in [7, 11) is 0. The Morgan fingerprint density at radius 1 is 1.36 bits per heavy atom. The van der Waals surface area contributed by atoms with Crippen LogP contribution in [0.15, 0.2) is 23.4 Å². The normalized spacial score (nSPS) is 23.7. The van der Waals surface area contributed by atoms with E-state index in [1.807, 2.05) is 24.0 Å². The number of nitrogens with zero attached hydrogens (tertiary/aromatic N) is 1. The second kappa shape index (κ2) is 5.40. The molecule has 1 aliphatic rings. The van der Waals surface area contributed by atoms with Gasteiger partial charge in [0.15, 0.2) is 0 Å². The van der Waals surface area contributed by atoms with Crippen molar-refractivity contribution in [3.05, 3.63) is 23.9 Å². The van der Waals surface area contributed by atoms with Crippen molar-refractivity contribution in [2.45, 2.75) is 50.3 Å². The Bertz CT molecular complexity index is 285. The minimum absolute atomic E-state index is 0.670. The zero-order valence-electron chi connectivity index (χ0n) is 9.45. The van der Waals surface area contributed by atoms with Gasteiger partial charge in [0.05, 0.1) is 5.03 Å². The number of fused-ring (bicyclic) bond motifs is 1. The Morgan fingerprint density at radius 3 is 2.57 bits per heavy atom.